The molecule has 0 saturated heterocycles. The van der Waals surface area contributed by atoms with Crippen LogP contribution in [0.1, 0.15) is 44.5 Å². The molecule has 1 aromatic carbocycles. The molecular formula is C17H22FN3O. The lowest BCUT2D eigenvalue weighted by atomic mass is 10.1. The smallest absolute Gasteiger partial charge is 0.223 e. The van der Waals surface area contributed by atoms with E-state index in [0.717, 1.165) is 23.4 Å². The number of aromatic nitrogens is 2. The molecule has 2 aromatic rings. The molecule has 0 aliphatic rings. The summed E-state index contributed by atoms with van der Waals surface area (Å²) in [6, 6.07) is 6.06. The predicted octanol–water partition coefficient (Wildman–Crippen LogP) is 3.54. The zero-order valence-corrected chi connectivity index (χ0v) is 13.4. The Morgan fingerprint density at radius 2 is 1.95 bits per heavy atom. The van der Waals surface area contributed by atoms with Crippen LogP contribution in [0, 0.1) is 18.7 Å². The van der Waals surface area contributed by atoms with E-state index in [-0.39, 0.29) is 23.7 Å². The fraction of sp³-hybridized carbons (Fsp3) is 0.412. The van der Waals surface area contributed by atoms with Crippen molar-refractivity contribution in [2.45, 2.75) is 40.2 Å². The van der Waals surface area contributed by atoms with Gasteiger partial charge in [0, 0.05) is 17.2 Å². The Bertz CT molecular complexity index is 648. The van der Waals surface area contributed by atoms with Crippen molar-refractivity contribution in [1.29, 1.82) is 0 Å². The Labute approximate surface area is 130 Å². The number of benzene rings is 1. The molecule has 0 bridgehead atoms. The molecule has 22 heavy (non-hydrogen) atoms. The summed E-state index contributed by atoms with van der Waals surface area (Å²) in [7, 11) is 0. The van der Waals surface area contributed by atoms with Crippen LogP contribution in [0.25, 0.3) is 5.69 Å². The summed E-state index contributed by atoms with van der Waals surface area (Å²) in [5.41, 5.74) is 2.69. The van der Waals surface area contributed by atoms with Crippen molar-refractivity contribution < 1.29 is 9.18 Å². The molecule has 5 heteroatoms. The third-order valence-corrected chi connectivity index (χ3v) is 4.00. The largest absolute Gasteiger partial charge is 0.349 e. The first-order chi connectivity index (χ1) is 10.4. The molecule has 1 amide bonds. The minimum absolute atomic E-state index is 0.00472. The molecule has 1 N–H and O–H groups in total. The Morgan fingerprint density at radius 1 is 1.32 bits per heavy atom. The van der Waals surface area contributed by atoms with Gasteiger partial charge < -0.3 is 5.32 Å². The van der Waals surface area contributed by atoms with Crippen LogP contribution in [0.2, 0.25) is 0 Å². The monoisotopic (exact) mass is 303 g/mol. The van der Waals surface area contributed by atoms with Crippen molar-refractivity contribution in [3.8, 4) is 5.69 Å². The maximum Gasteiger partial charge on any atom is 0.223 e. The molecule has 1 aromatic heterocycles. The van der Waals surface area contributed by atoms with E-state index in [9.17, 15) is 9.18 Å². The van der Waals surface area contributed by atoms with Gasteiger partial charge in [0.15, 0.2) is 0 Å². The molecule has 0 unspecified atom stereocenters. The number of carbonyl (C=O) groups excluding carboxylic acids is 1. The van der Waals surface area contributed by atoms with Crippen molar-refractivity contribution in [2.24, 2.45) is 5.92 Å². The van der Waals surface area contributed by atoms with Gasteiger partial charge in [0.2, 0.25) is 5.91 Å². The molecular weight excluding hydrogens is 281 g/mol. The van der Waals surface area contributed by atoms with Crippen molar-refractivity contribution in [2.75, 3.05) is 0 Å². The maximum absolute atomic E-state index is 13.0. The molecule has 118 valence electrons. The highest BCUT2D eigenvalue weighted by molar-refractivity contribution is 5.78. The van der Waals surface area contributed by atoms with Crippen LogP contribution in [0.15, 0.2) is 30.5 Å². The van der Waals surface area contributed by atoms with Crippen LogP contribution in [0.5, 0.6) is 0 Å². The average molecular weight is 303 g/mol. The quantitative estimate of drug-likeness (QED) is 0.918. The summed E-state index contributed by atoms with van der Waals surface area (Å²) in [6.45, 7) is 7.79. The molecule has 1 heterocycles. The number of amides is 1. The molecule has 0 fully saturated rings. The van der Waals surface area contributed by atoms with Gasteiger partial charge in [0.1, 0.15) is 5.82 Å². The lowest BCUT2D eigenvalue weighted by Gasteiger charge is -2.17. The van der Waals surface area contributed by atoms with Crippen molar-refractivity contribution in [1.82, 2.24) is 15.1 Å². The summed E-state index contributed by atoms with van der Waals surface area (Å²) >= 11 is 0. The van der Waals surface area contributed by atoms with Crippen molar-refractivity contribution in [3.05, 3.63) is 47.5 Å². The fourth-order valence-electron chi connectivity index (χ4n) is 2.31. The Hall–Kier alpha value is -2.17. The zero-order chi connectivity index (χ0) is 16.3. The molecule has 0 aliphatic carbocycles. The normalized spacial score (nSPS) is 13.7. The highest BCUT2D eigenvalue weighted by atomic mass is 19.1. The average Bonchev–Trinajstić information content (AvgIpc) is 2.89. The number of hydrogen-bond donors (Lipinski definition) is 1. The van der Waals surface area contributed by atoms with Gasteiger partial charge in [0.25, 0.3) is 0 Å². The topological polar surface area (TPSA) is 46.9 Å². The second-order valence-electron chi connectivity index (χ2n) is 5.61. The van der Waals surface area contributed by atoms with E-state index in [1.54, 1.807) is 23.0 Å². The van der Waals surface area contributed by atoms with Gasteiger partial charge in [-0.05, 0) is 44.5 Å². The van der Waals surface area contributed by atoms with Gasteiger partial charge in [-0.3, -0.25) is 4.79 Å². The second kappa shape index (κ2) is 6.73. The van der Waals surface area contributed by atoms with Crippen LogP contribution in [0.4, 0.5) is 4.39 Å². The summed E-state index contributed by atoms with van der Waals surface area (Å²) < 4.78 is 14.8. The molecule has 0 spiro atoms. The molecule has 2 atom stereocenters. The van der Waals surface area contributed by atoms with Gasteiger partial charge in [0.05, 0.1) is 17.9 Å². The summed E-state index contributed by atoms with van der Waals surface area (Å²) in [4.78, 5) is 12.0. The second-order valence-corrected chi connectivity index (χ2v) is 5.61. The van der Waals surface area contributed by atoms with Crippen molar-refractivity contribution in [3.63, 3.8) is 0 Å². The van der Waals surface area contributed by atoms with Crippen LogP contribution in [0.3, 0.4) is 0 Å². The van der Waals surface area contributed by atoms with Gasteiger partial charge in [-0.25, -0.2) is 9.07 Å². The van der Waals surface area contributed by atoms with E-state index >= 15 is 0 Å². The minimum atomic E-state index is -0.275. The number of rotatable bonds is 5. The maximum atomic E-state index is 13.0. The van der Waals surface area contributed by atoms with Gasteiger partial charge in [-0.15, -0.1) is 0 Å². The highest BCUT2D eigenvalue weighted by Gasteiger charge is 2.18. The van der Waals surface area contributed by atoms with E-state index in [4.69, 9.17) is 0 Å². The number of hydrogen-bond acceptors (Lipinski definition) is 2. The first kappa shape index (κ1) is 16.2. The molecule has 0 radical (unpaired) electrons. The lowest BCUT2D eigenvalue weighted by Crippen LogP contribution is -2.31. The van der Waals surface area contributed by atoms with Crippen LogP contribution >= 0.6 is 0 Å². The number of nitrogens with one attached hydrogen (secondary N) is 1. The molecule has 0 saturated carbocycles. The summed E-state index contributed by atoms with van der Waals surface area (Å²) in [6.07, 6.45) is 2.56. The number of halogens is 1. The van der Waals surface area contributed by atoms with Gasteiger partial charge in [-0.1, -0.05) is 13.8 Å². The van der Waals surface area contributed by atoms with Crippen LogP contribution in [-0.4, -0.2) is 15.7 Å². The first-order valence-corrected chi connectivity index (χ1v) is 7.54. The molecule has 4 nitrogen and oxygen atoms in total. The Kier molecular flexibility index (Phi) is 4.96. The standard InChI is InChI=1S/C17H22FN3O/c1-5-11(2)17(22)20-12(3)16-10-19-21(13(16)4)15-8-6-14(18)7-9-15/h6-12H,5H2,1-4H3,(H,20,22)/t11-,12-/m0/s1. The van der Waals surface area contributed by atoms with E-state index in [1.165, 1.54) is 12.1 Å². The van der Waals surface area contributed by atoms with E-state index in [2.05, 4.69) is 10.4 Å². The molecule has 2 rings (SSSR count). The third kappa shape index (κ3) is 3.35. The van der Waals surface area contributed by atoms with E-state index < -0.39 is 0 Å². The Morgan fingerprint density at radius 3 is 2.55 bits per heavy atom. The van der Waals surface area contributed by atoms with Crippen molar-refractivity contribution >= 4 is 5.91 Å². The first-order valence-electron chi connectivity index (χ1n) is 7.54. The zero-order valence-electron chi connectivity index (χ0n) is 13.4. The Balaban J connectivity index is 2.20. The number of carbonyl (C=O) groups is 1. The lowest BCUT2D eigenvalue weighted by molar-refractivity contribution is -0.125. The van der Waals surface area contributed by atoms with Crippen LogP contribution in [-0.2, 0) is 4.79 Å². The fourth-order valence-corrected chi connectivity index (χ4v) is 2.31. The van der Waals surface area contributed by atoms with E-state index in [0.29, 0.717) is 0 Å². The summed E-state index contributed by atoms with van der Waals surface area (Å²) in [5.74, 6) is -0.234. The minimum Gasteiger partial charge on any atom is -0.349 e. The van der Waals surface area contributed by atoms with Gasteiger partial charge in [-0.2, -0.15) is 5.10 Å². The third-order valence-electron chi connectivity index (χ3n) is 4.00. The highest BCUT2D eigenvalue weighted by Crippen LogP contribution is 2.20. The SMILES string of the molecule is CC[C@H](C)C(=O)N[C@@H](C)c1cnn(-c2ccc(F)cc2)c1C. The van der Waals surface area contributed by atoms with E-state index in [1.807, 2.05) is 27.7 Å². The number of nitrogens with zero attached hydrogens (tertiary/aromatic N) is 2. The predicted molar refractivity (Wildman–Crippen MR) is 84.3 cm³/mol. The summed E-state index contributed by atoms with van der Waals surface area (Å²) in [5, 5.41) is 7.36. The van der Waals surface area contributed by atoms with Crippen LogP contribution < -0.4 is 5.32 Å². The molecule has 0 aliphatic heterocycles. The van der Waals surface area contributed by atoms with Gasteiger partial charge >= 0.3 is 0 Å².